The van der Waals surface area contributed by atoms with Crippen molar-refractivity contribution in [2.45, 2.75) is 19.8 Å². The van der Waals surface area contributed by atoms with Crippen LogP contribution in [0.1, 0.15) is 25.3 Å². The Morgan fingerprint density at radius 1 is 1.22 bits per heavy atom. The molecule has 0 spiro atoms. The van der Waals surface area contributed by atoms with Gasteiger partial charge in [0.15, 0.2) is 5.82 Å². The molecule has 0 aliphatic carbocycles. The minimum absolute atomic E-state index is 0.134. The number of fused-ring (bicyclic) bond motifs is 1. The van der Waals surface area contributed by atoms with Gasteiger partial charge in [-0.2, -0.15) is 0 Å². The van der Waals surface area contributed by atoms with Crippen molar-refractivity contribution in [2.24, 2.45) is 0 Å². The maximum atomic E-state index is 14.2. The van der Waals surface area contributed by atoms with E-state index in [9.17, 15) is 9.18 Å². The lowest BCUT2D eigenvalue weighted by atomic mass is 9.98. The minimum atomic E-state index is -0.571. The molecule has 5 heteroatoms. The second-order valence-electron chi connectivity index (χ2n) is 5.64. The van der Waals surface area contributed by atoms with Crippen molar-refractivity contribution >= 4 is 10.8 Å². The molecule has 0 fully saturated rings. The number of rotatable bonds is 3. The van der Waals surface area contributed by atoms with Crippen LogP contribution >= 0.6 is 0 Å². The summed E-state index contributed by atoms with van der Waals surface area (Å²) in [4.78, 5) is 16.6. The van der Waals surface area contributed by atoms with Gasteiger partial charge in [0.05, 0.1) is 19.0 Å². The Labute approximate surface area is 133 Å². The van der Waals surface area contributed by atoms with E-state index < -0.39 is 5.82 Å². The zero-order chi connectivity index (χ0) is 16.6. The maximum Gasteiger partial charge on any atom is 0.263 e. The molecule has 0 unspecified atom stereocenters. The van der Waals surface area contributed by atoms with Crippen LogP contribution in [0, 0.1) is 5.82 Å². The first kappa shape index (κ1) is 15.2. The molecule has 3 aromatic rings. The fraction of sp³-hybridized carbons (Fsp3) is 0.222. The summed E-state index contributed by atoms with van der Waals surface area (Å²) in [6, 6.07) is 8.81. The first-order chi connectivity index (χ1) is 11.0. The van der Waals surface area contributed by atoms with E-state index in [0.29, 0.717) is 5.39 Å². The summed E-state index contributed by atoms with van der Waals surface area (Å²) in [6.07, 6.45) is 2.76. The highest BCUT2D eigenvalue weighted by Crippen LogP contribution is 2.25. The monoisotopic (exact) mass is 312 g/mol. The first-order valence-electron chi connectivity index (χ1n) is 7.37. The van der Waals surface area contributed by atoms with Gasteiger partial charge in [-0.3, -0.25) is 9.36 Å². The maximum absolute atomic E-state index is 14.2. The van der Waals surface area contributed by atoms with Crippen LogP contribution in [-0.4, -0.2) is 16.7 Å². The quantitative estimate of drug-likeness (QED) is 0.741. The van der Waals surface area contributed by atoms with Crippen LogP contribution in [0.5, 0.6) is 5.88 Å². The zero-order valence-corrected chi connectivity index (χ0v) is 13.2. The second-order valence-corrected chi connectivity index (χ2v) is 5.64. The van der Waals surface area contributed by atoms with Gasteiger partial charge in [0, 0.05) is 17.6 Å². The van der Waals surface area contributed by atoms with Gasteiger partial charge in [-0.05, 0) is 22.9 Å². The van der Waals surface area contributed by atoms with Crippen LogP contribution in [0.4, 0.5) is 4.39 Å². The van der Waals surface area contributed by atoms with Crippen LogP contribution < -0.4 is 10.3 Å². The summed E-state index contributed by atoms with van der Waals surface area (Å²) in [6.45, 7) is 4.08. The van der Waals surface area contributed by atoms with Crippen molar-refractivity contribution in [2.75, 3.05) is 7.11 Å². The van der Waals surface area contributed by atoms with Gasteiger partial charge in [-0.1, -0.05) is 32.0 Å². The Balaban J connectivity index is 2.39. The van der Waals surface area contributed by atoms with Gasteiger partial charge in [-0.15, -0.1) is 0 Å². The molecule has 0 amide bonds. The van der Waals surface area contributed by atoms with Gasteiger partial charge in [0.1, 0.15) is 0 Å². The summed E-state index contributed by atoms with van der Waals surface area (Å²) in [7, 11) is 1.45. The molecule has 0 bridgehead atoms. The number of ether oxygens (including phenoxy) is 1. The Morgan fingerprint density at radius 3 is 2.57 bits per heavy atom. The van der Waals surface area contributed by atoms with E-state index in [1.165, 1.54) is 17.7 Å². The third-order valence-corrected chi connectivity index (χ3v) is 3.86. The lowest BCUT2D eigenvalue weighted by molar-refractivity contribution is 0.395. The normalized spacial score (nSPS) is 11.2. The molecule has 2 aromatic heterocycles. The summed E-state index contributed by atoms with van der Waals surface area (Å²) in [5, 5.41) is 1.46. The molecule has 0 saturated carbocycles. The number of benzene rings is 1. The van der Waals surface area contributed by atoms with Crippen molar-refractivity contribution in [3.8, 4) is 11.6 Å². The van der Waals surface area contributed by atoms with Crippen molar-refractivity contribution in [3.63, 3.8) is 0 Å². The Morgan fingerprint density at radius 2 is 1.91 bits per heavy atom. The fourth-order valence-corrected chi connectivity index (χ4v) is 2.66. The fourth-order valence-electron chi connectivity index (χ4n) is 2.66. The number of aromatic nitrogens is 2. The average Bonchev–Trinajstić information content (AvgIpc) is 2.56. The molecule has 0 radical (unpaired) electrons. The number of hydrogen-bond donors (Lipinski definition) is 0. The lowest BCUT2D eigenvalue weighted by Gasteiger charge is -2.15. The Kier molecular flexibility index (Phi) is 3.86. The van der Waals surface area contributed by atoms with Gasteiger partial charge in [0.25, 0.3) is 5.56 Å². The van der Waals surface area contributed by atoms with Crippen LogP contribution in [0.25, 0.3) is 16.5 Å². The van der Waals surface area contributed by atoms with E-state index in [1.54, 1.807) is 12.3 Å². The molecular formula is C18H17FN2O2. The first-order valence-corrected chi connectivity index (χ1v) is 7.37. The molecule has 23 heavy (non-hydrogen) atoms. The van der Waals surface area contributed by atoms with E-state index >= 15 is 0 Å². The van der Waals surface area contributed by atoms with Crippen molar-refractivity contribution in [1.82, 2.24) is 9.55 Å². The molecule has 0 aliphatic rings. The molecule has 4 nitrogen and oxygen atoms in total. The van der Waals surface area contributed by atoms with Crippen LogP contribution in [-0.2, 0) is 0 Å². The third-order valence-electron chi connectivity index (χ3n) is 3.86. The number of methoxy groups -OCH3 is 1. The van der Waals surface area contributed by atoms with Gasteiger partial charge < -0.3 is 4.74 Å². The van der Waals surface area contributed by atoms with Crippen LogP contribution in [0.3, 0.4) is 0 Å². The van der Waals surface area contributed by atoms with Gasteiger partial charge in [-0.25, -0.2) is 9.37 Å². The highest BCUT2D eigenvalue weighted by molar-refractivity contribution is 5.85. The van der Waals surface area contributed by atoms with Crippen molar-refractivity contribution in [3.05, 3.63) is 64.5 Å². The second kappa shape index (κ2) is 5.83. The number of nitrogens with zero attached hydrogens (tertiary/aromatic N) is 2. The molecule has 0 atom stereocenters. The largest absolute Gasteiger partial charge is 0.481 e. The summed E-state index contributed by atoms with van der Waals surface area (Å²) < 4.78 is 20.6. The number of pyridine rings is 2. The average molecular weight is 312 g/mol. The number of hydrogen-bond acceptors (Lipinski definition) is 3. The highest BCUT2D eigenvalue weighted by atomic mass is 19.1. The molecule has 0 aliphatic heterocycles. The molecule has 1 aromatic carbocycles. The van der Waals surface area contributed by atoms with Gasteiger partial charge >= 0.3 is 0 Å². The smallest absolute Gasteiger partial charge is 0.263 e. The molecule has 118 valence electrons. The summed E-state index contributed by atoms with van der Waals surface area (Å²) in [5.74, 6) is -0.121. The molecule has 0 saturated heterocycles. The van der Waals surface area contributed by atoms with E-state index in [4.69, 9.17) is 4.74 Å². The lowest BCUT2D eigenvalue weighted by Crippen LogP contribution is -2.20. The van der Waals surface area contributed by atoms with E-state index in [-0.39, 0.29) is 23.0 Å². The van der Waals surface area contributed by atoms with Gasteiger partial charge in [0.2, 0.25) is 5.88 Å². The molecule has 0 N–H and O–H groups in total. The number of halogens is 1. The van der Waals surface area contributed by atoms with Crippen molar-refractivity contribution < 1.29 is 9.13 Å². The summed E-state index contributed by atoms with van der Waals surface area (Å²) >= 11 is 0. The SMILES string of the molecule is COc1cc(-n2cc(C(C)C)c3ccccc3c2=O)c(F)cn1. The highest BCUT2D eigenvalue weighted by Gasteiger charge is 2.15. The predicted octanol–water partition coefficient (Wildman–Crippen LogP) is 3.66. The van der Waals surface area contributed by atoms with Crippen molar-refractivity contribution in [1.29, 1.82) is 0 Å². The topological polar surface area (TPSA) is 44.1 Å². The zero-order valence-electron chi connectivity index (χ0n) is 13.2. The van der Waals surface area contributed by atoms with Crippen LogP contribution in [0.15, 0.2) is 47.5 Å². The van der Waals surface area contributed by atoms with E-state index in [2.05, 4.69) is 4.98 Å². The standard InChI is InChI=1S/C18H17FN2O2/c1-11(2)14-10-21(16-8-17(23-3)20-9-15(16)19)18(22)13-7-5-4-6-12(13)14/h4-11H,1-3H3. The Hall–Kier alpha value is -2.69. The molecular weight excluding hydrogens is 295 g/mol. The third kappa shape index (κ3) is 2.59. The minimum Gasteiger partial charge on any atom is -0.481 e. The molecule has 2 heterocycles. The van der Waals surface area contributed by atoms with E-state index in [1.807, 2.05) is 32.0 Å². The van der Waals surface area contributed by atoms with E-state index in [0.717, 1.165) is 17.1 Å². The summed E-state index contributed by atoms with van der Waals surface area (Å²) in [5.41, 5.74) is 0.849. The Bertz CT molecular complexity index is 932. The van der Waals surface area contributed by atoms with Crippen LogP contribution in [0.2, 0.25) is 0 Å². The molecule has 3 rings (SSSR count). The predicted molar refractivity (Wildman–Crippen MR) is 87.9 cm³/mol.